The maximum absolute atomic E-state index is 5.18. The molecule has 0 aliphatic rings. The highest BCUT2D eigenvalue weighted by atomic mass is 32.1. The van der Waals surface area contributed by atoms with Crippen molar-refractivity contribution in [1.82, 2.24) is 9.55 Å². The van der Waals surface area contributed by atoms with Crippen LogP contribution in [0.2, 0.25) is 0 Å². The zero-order chi connectivity index (χ0) is 10.7. The second-order valence-electron chi connectivity index (χ2n) is 3.22. The molecule has 76 valence electrons. The Kier molecular flexibility index (Phi) is 3.08. The lowest BCUT2D eigenvalue weighted by atomic mass is 10.2. The van der Waals surface area contributed by atoms with Crippen LogP contribution in [0.15, 0.2) is 42.6 Å². The maximum atomic E-state index is 5.18. The molecule has 2 aromatic rings. The van der Waals surface area contributed by atoms with Crippen molar-refractivity contribution < 1.29 is 0 Å². The molecule has 0 radical (unpaired) electrons. The van der Waals surface area contributed by atoms with Gasteiger partial charge in [-0.25, -0.2) is 0 Å². The van der Waals surface area contributed by atoms with Gasteiger partial charge < -0.3 is 9.55 Å². The fraction of sp³-hybridized carbons (Fsp3) is 0.0909. The average Bonchev–Trinajstić information content (AvgIpc) is 2.24. The topological polar surface area (TPSA) is 20.7 Å². The predicted molar refractivity (Wildman–Crippen MR) is 66.0 cm³/mol. The van der Waals surface area contributed by atoms with Gasteiger partial charge in [0.15, 0.2) is 4.77 Å². The van der Waals surface area contributed by atoms with Crippen molar-refractivity contribution in [2.75, 3.05) is 0 Å². The van der Waals surface area contributed by atoms with Gasteiger partial charge >= 0.3 is 0 Å². The summed E-state index contributed by atoms with van der Waals surface area (Å²) < 4.78 is 3.29. The Hall–Kier alpha value is -1.26. The summed E-state index contributed by atoms with van der Waals surface area (Å²) in [7, 11) is 0. The fourth-order valence-electron chi connectivity index (χ4n) is 1.35. The molecule has 4 heteroatoms. The number of aromatic amines is 1. The van der Waals surface area contributed by atoms with Gasteiger partial charge in [0.1, 0.15) is 4.64 Å². The molecule has 0 fully saturated rings. The largest absolute Gasteiger partial charge is 0.323 e. The number of aromatic nitrogens is 2. The zero-order valence-electron chi connectivity index (χ0n) is 8.01. The molecule has 1 heterocycles. The molecular formula is C11H10N2S2. The third-order valence-electron chi connectivity index (χ3n) is 2.09. The van der Waals surface area contributed by atoms with Crippen LogP contribution in [0.3, 0.4) is 0 Å². The molecule has 0 aliphatic heterocycles. The van der Waals surface area contributed by atoms with E-state index in [4.69, 9.17) is 24.4 Å². The lowest BCUT2D eigenvalue weighted by molar-refractivity contribution is 0.749. The number of nitrogens with one attached hydrogen (secondary N) is 1. The van der Waals surface area contributed by atoms with E-state index >= 15 is 0 Å². The summed E-state index contributed by atoms with van der Waals surface area (Å²) in [5, 5.41) is 0. The summed E-state index contributed by atoms with van der Waals surface area (Å²) in [5.41, 5.74) is 1.22. The first-order chi connectivity index (χ1) is 7.25. The Morgan fingerprint density at radius 3 is 2.47 bits per heavy atom. The van der Waals surface area contributed by atoms with E-state index in [0.29, 0.717) is 9.41 Å². The molecule has 1 N–H and O–H groups in total. The van der Waals surface area contributed by atoms with Crippen LogP contribution in [-0.4, -0.2) is 9.55 Å². The molecule has 1 aromatic carbocycles. The highest BCUT2D eigenvalue weighted by Crippen LogP contribution is 2.02. The van der Waals surface area contributed by atoms with Crippen LogP contribution in [0.4, 0.5) is 0 Å². The SMILES string of the molecule is S=c1ccn(Cc2ccccc2)c(=S)[nH]1. The Labute approximate surface area is 98.2 Å². The van der Waals surface area contributed by atoms with Crippen molar-refractivity contribution >= 4 is 24.4 Å². The molecule has 2 nitrogen and oxygen atoms in total. The Morgan fingerprint density at radius 2 is 1.80 bits per heavy atom. The van der Waals surface area contributed by atoms with E-state index in [2.05, 4.69) is 17.1 Å². The van der Waals surface area contributed by atoms with Crippen LogP contribution < -0.4 is 0 Å². The van der Waals surface area contributed by atoms with Crippen LogP contribution in [0.25, 0.3) is 0 Å². The summed E-state index contributed by atoms with van der Waals surface area (Å²) >= 11 is 10.2. The van der Waals surface area contributed by atoms with E-state index in [9.17, 15) is 0 Å². The normalized spacial score (nSPS) is 10.1. The highest BCUT2D eigenvalue weighted by molar-refractivity contribution is 7.72. The maximum Gasteiger partial charge on any atom is 0.178 e. The van der Waals surface area contributed by atoms with Gasteiger partial charge in [-0.3, -0.25) is 0 Å². The molecule has 0 amide bonds. The van der Waals surface area contributed by atoms with Crippen molar-refractivity contribution in [1.29, 1.82) is 0 Å². The van der Waals surface area contributed by atoms with Gasteiger partial charge in [0.05, 0.1) is 0 Å². The first-order valence-corrected chi connectivity index (χ1v) is 5.41. The van der Waals surface area contributed by atoms with Crippen molar-refractivity contribution in [2.24, 2.45) is 0 Å². The fourth-order valence-corrected chi connectivity index (χ4v) is 1.81. The molecule has 0 atom stereocenters. The van der Waals surface area contributed by atoms with Crippen LogP contribution in [0, 0.1) is 9.41 Å². The van der Waals surface area contributed by atoms with E-state index in [0.717, 1.165) is 6.54 Å². The van der Waals surface area contributed by atoms with Crippen molar-refractivity contribution in [3.8, 4) is 0 Å². The first-order valence-electron chi connectivity index (χ1n) is 4.59. The van der Waals surface area contributed by atoms with Gasteiger partial charge in [-0.1, -0.05) is 42.5 Å². The monoisotopic (exact) mass is 234 g/mol. The summed E-state index contributed by atoms with van der Waals surface area (Å²) in [6.07, 6.45) is 1.91. The van der Waals surface area contributed by atoms with Crippen molar-refractivity contribution in [3.05, 3.63) is 57.6 Å². The summed E-state index contributed by atoms with van der Waals surface area (Å²) in [6, 6.07) is 12.0. The molecule has 15 heavy (non-hydrogen) atoms. The molecule has 0 bridgehead atoms. The van der Waals surface area contributed by atoms with Gasteiger partial charge in [-0.15, -0.1) is 0 Å². The molecule has 1 aromatic heterocycles. The standard InChI is InChI=1S/C11H10N2S2/c14-10-6-7-13(11(15)12-10)8-9-4-2-1-3-5-9/h1-7H,8H2,(H,12,14,15). The average molecular weight is 234 g/mol. The quantitative estimate of drug-likeness (QED) is 0.805. The number of benzene rings is 1. The Morgan fingerprint density at radius 1 is 1.07 bits per heavy atom. The molecule has 0 spiro atoms. The molecule has 2 rings (SSSR count). The highest BCUT2D eigenvalue weighted by Gasteiger charge is 1.94. The minimum absolute atomic E-state index is 0.659. The smallest absolute Gasteiger partial charge is 0.178 e. The van der Waals surface area contributed by atoms with Gasteiger partial charge in [-0.05, 0) is 23.8 Å². The van der Waals surface area contributed by atoms with Crippen LogP contribution in [-0.2, 0) is 6.54 Å². The second-order valence-corrected chi connectivity index (χ2v) is 4.05. The number of hydrogen-bond acceptors (Lipinski definition) is 2. The number of nitrogens with zero attached hydrogens (tertiary/aromatic N) is 1. The van der Waals surface area contributed by atoms with E-state index in [1.165, 1.54) is 5.56 Å². The second kappa shape index (κ2) is 4.51. The number of rotatable bonds is 2. The van der Waals surface area contributed by atoms with Gasteiger partial charge in [0, 0.05) is 12.7 Å². The number of hydrogen-bond donors (Lipinski definition) is 1. The van der Waals surface area contributed by atoms with E-state index < -0.39 is 0 Å². The van der Waals surface area contributed by atoms with Crippen molar-refractivity contribution in [2.45, 2.75) is 6.54 Å². The predicted octanol–water partition coefficient (Wildman–Crippen LogP) is 3.32. The lowest BCUT2D eigenvalue weighted by Crippen LogP contribution is -2.02. The molecule has 0 aliphatic carbocycles. The third-order valence-corrected chi connectivity index (χ3v) is 2.67. The third kappa shape index (κ3) is 2.61. The summed E-state index contributed by atoms with van der Waals surface area (Å²) in [5.74, 6) is 0. The molecule has 0 saturated heterocycles. The zero-order valence-corrected chi connectivity index (χ0v) is 9.65. The molecule has 0 saturated carbocycles. The van der Waals surface area contributed by atoms with Gasteiger partial charge in [0.25, 0.3) is 0 Å². The first kappa shape index (κ1) is 10.3. The van der Waals surface area contributed by atoms with Crippen molar-refractivity contribution in [3.63, 3.8) is 0 Å². The van der Waals surface area contributed by atoms with E-state index in [1.807, 2.05) is 35.0 Å². The lowest BCUT2D eigenvalue weighted by Gasteiger charge is -2.05. The van der Waals surface area contributed by atoms with Crippen LogP contribution >= 0.6 is 24.4 Å². The van der Waals surface area contributed by atoms with Gasteiger partial charge in [-0.2, -0.15) is 0 Å². The Bertz CT molecular complexity index is 555. The molecular weight excluding hydrogens is 224 g/mol. The minimum atomic E-state index is 0.659. The summed E-state index contributed by atoms with van der Waals surface area (Å²) in [4.78, 5) is 2.95. The van der Waals surface area contributed by atoms with E-state index in [1.54, 1.807) is 0 Å². The van der Waals surface area contributed by atoms with Gasteiger partial charge in [0.2, 0.25) is 0 Å². The number of H-pyrrole nitrogens is 1. The van der Waals surface area contributed by atoms with Crippen LogP contribution in [0.1, 0.15) is 5.56 Å². The summed E-state index contributed by atoms with van der Waals surface area (Å²) in [6.45, 7) is 0.770. The van der Waals surface area contributed by atoms with Crippen LogP contribution in [0.5, 0.6) is 0 Å². The van der Waals surface area contributed by atoms with E-state index in [-0.39, 0.29) is 0 Å². The molecule has 0 unspecified atom stereocenters. The Balaban J connectivity index is 2.33. The minimum Gasteiger partial charge on any atom is -0.323 e.